The topological polar surface area (TPSA) is 81.8 Å². The highest BCUT2D eigenvalue weighted by atomic mass is 32.2. The first-order chi connectivity index (χ1) is 17.3. The van der Waals surface area contributed by atoms with Crippen molar-refractivity contribution >= 4 is 21.7 Å². The van der Waals surface area contributed by atoms with Crippen LogP contribution < -0.4 is 10.6 Å². The summed E-state index contributed by atoms with van der Waals surface area (Å²) in [5.74, 6) is 0.347. The molecule has 0 bridgehead atoms. The Morgan fingerprint density at radius 1 is 0.806 bits per heavy atom. The lowest BCUT2D eigenvalue weighted by atomic mass is 9.96. The molecule has 36 heavy (non-hydrogen) atoms. The van der Waals surface area contributed by atoms with Gasteiger partial charge in [-0.2, -0.15) is 4.31 Å². The van der Waals surface area contributed by atoms with Crippen LogP contribution in [0.2, 0.25) is 0 Å². The molecule has 1 aliphatic heterocycles. The van der Waals surface area contributed by atoms with Crippen LogP contribution in [-0.4, -0.2) is 56.4 Å². The predicted octanol–water partition coefficient (Wildman–Crippen LogP) is 4.56. The van der Waals surface area contributed by atoms with Crippen molar-refractivity contribution in [1.29, 1.82) is 0 Å². The molecule has 1 fully saturated rings. The number of hydrogen-bond acceptors (Lipinski definition) is 4. The molecule has 1 aliphatic rings. The minimum absolute atomic E-state index is 0.0736. The van der Waals surface area contributed by atoms with E-state index in [1.807, 2.05) is 50.2 Å². The van der Waals surface area contributed by atoms with Gasteiger partial charge in [-0.1, -0.05) is 74.5 Å². The number of piperazine rings is 1. The smallest absolute Gasteiger partial charge is 0.319 e. The Bertz CT molecular complexity index is 1190. The molecule has 7 nitrogen and oxygen atoms in total. The second kappa shape index (κ2) is 11.7. The van der Waals surface area contributed by atoms with Gasteiger partial charge >= 0.3 is 6.03 Å². The number of urea groups is 1. The molecule has 4 rings (SSSR count). The van der Waals surface area contributed by atoms with Crippen molar-refractivity contribution in [2.24, 2.45) is 5.92 Å². The molecule has 0 spiro atoms. The average molecular weight is 507 g/mol. The molecule has 1 saturated heterocycles. The third-order valence-corrected chi connectivity index (χ3v) is 8.20. The zero-order valence-corrected chi connectivity index (χ0v) is 21.6. The number of rotatable bonds is 8. The van der Waals surface area contributed by atoms with Crippen molar-refractivity contribution < 1.29 is 13.2 Å². The average Bonchev–Trinajstić information content (AvgIpc) is 2.90. The molecule has 0 radical (unpaired) electrons. The van der Waals surface area contributed by atoms with Crippen LogP contribution in [0.15, 0.2) is 89.8 Å². The minimum Gasteiger partial charge on any atom is -0.338 e. The maximum absolute atomic E-state index is 13.3. The van der Waals surface area contributed by atoms with E-state index in [0.29, 0.717) is 44.3 Å². The van der Waals surface area contributed by atoms with Gasteiger partial charge < -0.3 is 10.6 Å². The first-order valence-electron chi connectivity index (χ1n) is 12.3. The molecule has 3 aromatic carbocycles. The van der Waals surface area contributed by atoms with Crippen LogP contribution in [0.3, 0.4) is 0 Å². The third kappa shape index (κ3) is 6.32. The van der Waals surface area contributed by atoms with E-state index >= 15 is 0 Å². The number of carbonyl (C=O) groups excluding carboxylic acids is 1. The number of sulfonamides is 1. The largest absolute Gasteiger partial charge is 0.338 e. The van der Waals surface area contributed by atoms with Gasteiger partial charge in [0.05, 0.1) is 10.9 Å². The molecule has 2 amide bonds. The summed E-state index contributed by atoms with van der Waals surface area (Å²) in [6.07, 6.45) is 0. The molecular formula is C28H34N4O3S. The van der Waals surface area contributed by atoms with Crippen LogP contribution in [0.4, 0.5) is 10.5 Å². The number of nitrogens with zero attached hydrogens (tertiary/aromatic N) is 2. The molecule has 0 aliphatic carbocycles. The fourth-order valence-electron chi connectivity index (χ4n) is 4.42. The normalized spacial score (nSPS) is 15.2. The summed E-state index contributed by atoms with van der Waals surface area (Å²) in [5.41, 5.74) is 2.94. The lowest BCUT2D eigenvalue weighted by Crippen LogP contribution is -2.49. The van der Waals surface area contributed by atoms with Gasteiger partial charge in [-0.15, -0.1) is 0 Å². The first kappa shape index (κ1) is 25.9. The van der Waals surface area contributed by atoms with Crippen molar-refractivity contribution in [3.8, 4) is 0 Å². The SMILES string of the molecule is CC(C)CNC(=O)Nc1ccc(S(=O)(=O)N2CCN(C(c3ccccc3)c3ccccc3)CC2)cc1. The molecule has 0 unspecified atom stereocenters. The van der Waals surface area contributed by atoms with Gasteiger partial charge in [0.2, 0.25) is 10.0 Å². The Hall–Kier alpha value is -3.20. The second-order valence-corrected chi connectivity index (χ2v) is 11.4. The number of nitrogens with one attached hydrogen (secondary N) is 2. The second-order valence-electron chi connectivity index (χ2n) is 9.42. The van der Waals surface area contributed by atoms with Crippen LogP contribution in [0.5, 0.6) is 0 Å². The molecular weight excluding hydrogens is 472 g/mol. The van der Waals surface area contributed by atoms with Crippen LogP contribution in [-0.2, 0) is 10.0 Å². The molecule has 0 aromatic heterocycles. The van der Waals surface area contributed by atoms with Crippen molar-refractivity contribution in [2.75, 3.05) is 38.0 Å². The highest BCUT2D eigenvalue weighted by Gasteiger charge is 2.32. The van der Waals surface area contributed by atoms with Gasteiger partial charge in [-0.3, -0.25) is 4.90 Å². The summed E-state index contributed by atoms with van der Waals surface area (Å²) >= 11 is 0. The summed E-state index contributed by atoms with van der Waals surface area (Å²) < 4.78 is 28.2. The van der Waals surface area contributed by atoms with Crippen molar-refractivity contribution in [1.82, 2.24) is 14.5 Å². The van der Waals surface area contributed by atoms with E-state index < -0.39 is 10.0 Å². The zero-order chi connectivity index (χ0) is 25.5. The number of anilines is 1. The van der Waals surface area contributed by atoms with E-state index in [2.05, 4.69) is 39.8 Å². The van der Waals surface area contributed by atoms with Gasteiger partial charge in [0.1, 0.15) is 0 Å². The summed E-state index contributed by atoms with van der Waals surface area (Å²) in [6, 6.07) is 26.8. The number of benzene rings is 3. The van der Waals surface area contributed by atoms with Gasteiger partial charge in [0.25, 0.3) is 0 Å². The quantitative estimate of drug-likeness (QED) is 0.469. The van der Waals surface area contributed by atoms with Crippen LogP contribution in [0.25, 0.3) is 0 Å². The lowest BCUT2D eigenvalue weighted by Gasteiger charge is -2.39. The van der Waals surface area contributed by atoms with Gasteiger partial charge in [-0.25, -0.2) is 13.2 Å². The Morgan fingerprint density at radius 2 is 1.33 bits per heavy atom. The molecule has 8 heteroatoms. The fourth-order valence-corrected chi connectivity index (χ4v) is 5.84. The third-order valence-electron chi connectivity index (χ3n) is 6.29. The monoisotopic (exact) mass is 506 g/mol. The van der Waals surface area contributed by atoms with Crippen LogP contribution in [0.1, 0.15) is 31.0 Å². The van der Waals surface area contributed by atoms with Gasteiger partial charge in [0.15, 0.2) is 0 Å². The predicted molar refractivity (Wildman–Crippen MR) is 143 cm³/mol. The number of amides is 2. The summed E-state index contributed by atoms with van der Waals surface area (Å²) in [7, 11) is -3.63. The Morgan fingerprint density at radius 3 is 1.83 bits per heavy atom. The van der Waals surface area contributed by atoms with E-state index in [1.54, 1.807) is 28.6 Å². The van der Waals surface area contributed by atoms with Crippen molar-refractivity contribution in [3.63, 3.8) is 0 Å². The van der Waals surface area contributed by atoms with Crippen LogP contribution in [0, 0.1) is 5.92 Å². The summed E-state index contributed by atoms with van der Waals surface area (Å²) in [4.78, 5) is 14.6. The summed E-state index contributed by atoms with van der Waals surface area (Å²) in [6.45, 7) is 6.69. The highest BCUT2D eigenvalue weighted by Crippen LogP contribution is 2.30. The zero-order valence-electron chi connectivity index (χ0n) is 20.8. The summed E-state index contributed by atoms with van der Waals surface area (Å²) in [5, 5.41) is 5.52. The van der Waals surface area contributed by atoms with E-state index in [4.69, 9.17) is 0 Å². The Kier molecular flexibility index (Phi) is 8.40. The Balaban J connectivity index is 1.42. The van der Waals surface area contributed by atoms with E-state index in [9.17, 15) is 13.2 Å². The molecule has 2 N–H and O–H groups in total. The molecule has 3 aromatic rings. The molecule has 190 valence electrons. The molecule has 0 saturated carbocycles. The maximum Gasteiger partial charge on any atom is 0.319 e. The highest BCUT2D eigenvalue weighted by molar-refractivity contribution is 7.89. The lowest BCUT2D eigenvalue weighted by molar-refractivity contribution is 0.156. The maximum atomic E-state index is 13.3. The van der Waals surface area contributed by atoms with Gasteiger partial charge in [-0.05, 0) is 41.3 Å². The fraction of sp³-hybridized carbons (Fsp3) is 0.321. The van der Waals surface area contributed by atoms with E-state index in [-0.39, 0.29) is 17.0 Å². The first-order valence-corrected chi connectivity index (χ1v) is 13.8. The van der Waals surface area contributed by atoms with Crippen molar-refractivity contribution in [2.45, 2.75) is 24.8 Å². The molecule has 1 heterocycles. The number of carbonyl (C=O) groups is 1. The van der Waals surface area contributed by atoms with E-state index in [1.165, 1.54) is 11.1 Å². The Labute approximate surface area is 214 Å². The van der Waals surface area contributed by atoms with Crippen molar-refractivity contribution in [3.05, 3.63) is 96.1 Å². The van der Waals surface area contributed by atoms with E-state index in [0.717, 1.165) is 0 Å². The van der Waals surface area contributed by atoms with Crippen LogP contribution >= 0.6 is 0 Å². The minimum atomic E-state index is -3.63. The molecule has 0 atom stereocenters. The number of hydrogen-bond donors (Lipinski definition) is 2. The van der Waals surface area contributed by atoms with Gasteiger partial charge in [0, 0.05) is 38.4 Å². The standard InChI is InChI=1S/C28H34N4O3S/c1-22(2)21-29-28(33)30-25-13-15-26(16-14-25)36(34,35)32-19-17-31(18-20-32)27(23-9-5-3-6-10-23)24-11-7-4-8-12-24/h3-16,22,27H,17-21H2,1-2H3,(H2,29,30,33).